The number of pyridine rings is 1. The number of ether oxygens (including phenoxy) is 1. The first kappa shape index (κ1) is 16.0. The zero-order valence-corrected chi connectivity index (χ0v) is 13.8. The van der Waals surface area contributed by atoms with Gasteiger partial charge in [-0.2, -0.15) is 0 Å². The van der Waals surface area contributed by atoms with Crippen molar-refractivity contribution in [3.63, 3.8) is 0 Å². The Bertz CT molecular complexity index is 738. The van der Waals surface area contributed by atoms with Crippen LogP contribution in [0, 0.1) is 0 Å². The van der Waals surface area contributed by atoms with Crippen LogP contribution in [0.3, 0.4) is 0 Å². The smallest absolute Gasteiger partial charge is 0.341 e. The topological polar surface area (TPSA) is 103 Å². The fraction of sp³-hybridized carbons (Fsp3) is 0.500. The predicted molar refractivity (Wildman–Crippen MR) is 85.3 cm³/mol. The first-order chi connectivity index (χ1) is 12.1. The molecule has 2 aliphatic heterocycles. The number of rotatable bonds is 4. The molecule has 0 bridgehead atoms. The van der Waals surface area contributed by atoms with Gasteiger partial charge in [0.05, 0.1) is 17.6 Å². The molecule has 9 heteroatoms. The second kappa shape index (κ2) is 6.41. The van der Waals surface area contributed by atoms with Crippen LogP contribution in [-0.4, -0.2) is 58.5 Å². The maximum Gasteiger partial charge on any atom is 0.341 e. The molecule has 2 aromatic heterocycles. The fourth-order valence-corrected chi connectivity index (χ4v) is 2.95. The Morgan fingerprint density at radius 2 is 2.32 bits per heavy atom. The lowest BCUT2D eigenvalue weighted by Gasteiger charge is -2.45. The number of carbonyl (C=O) groups excluding carboxylic acids is 1. The summed E-state index contributed by atoms with van der Waals surface area (Å²) in [6, 6.07) is 3.40. The molecule has 9 nitrogen and oxygen atoms in total. The Morgan fingerprint density at radius 1 is 1.44 bits per heavy atom. The molecule has 2 fully saturated rings. The SMILES string of the molecule is CC1(c2nnc(-c3cccnc3)o2)CN(C(=O)NOC2CCOC2)C1. The minimum absolute atomic E-state index is 0.0745. The van der Waals surface area contributed by atoms with Crippen molar-refractivity contribution in [2.45, 2.75) is 24.9 Å². The van der Waals surface area contributed by atoms with E-state index in [1.54, 1.807) is 17.3 Å². The van der Waals surface area contributed by atoms with Gasteiger partial charge in [-0.3, -0.25) is 9.82 Å². The molecule has 2 amide bonds. The van der Waals surface area contributed by atoms with Gasteiger partial charge in [-0.05, 0) is 19.1 Å². The van der Waals surface area contributed by atoms with Crippen LogP contribution in [0.4, 0.5) is 4.79 Å². The predicted octanol–water partition coefficient (Wildman–Crippen LogP) is 1.13. The Morgan fingerprint density at radius 3 is 3.04 bits per heavy atom. The number of nitrogens with zero attached hydrogens (tertiary/aromatic N) is 4. The van der Waals surface area contributed by atoms with Crippen LogP contribution in [0.2, 0.25) is 0 Å². The van der Waals surface area contributed by atoms with Gasteiger partial charge in [0.25, 0.3) is 0 Å². The molecule has 2 aromatic rings. The van der Waals surface area contributed by atoms with E-state index in [-0.39, 0.29) is 17.6 Å². The second-order valence-corrected chi connectivity index (χ2v) is 6.58. The molecular weight excluding hydrogens is 326 g/mol. The van der Waals surface area contributed by atoms with E-state index in [1.807, 2.05) is 19.1 Å². The summed E-state index contributed by atoms with van der Waals surface area (Å²) in [6.45, 7) is 4.13. The fourth-order valence-electron chi connectivity index (χ4n) is 2.95. The van der Waals surface area contributed by atoms with Crippen LogP contribution in [0.25, 0.3) is 11.5 Å². The molecule has 132 valence electrons. The van der Waals surface area contributed by atoms with E-state index in [4.69, 9.17) is 14.0 Å². The summed E-state index contributed by atoms with van der Waals surface area (Å²) < 4.78 is 11.0. The summed E-state index contributed by atoms with van der Waals surface area (Å²) in [5, 5.41) is 8.22. The van der Waals surface area contributed by atoms with Crippen molar-refractivity contribution in [1.29, 1.82) is 0 Å². The van der Waals surface area contributed by atoms with E-state index in [1.165, 1.54) is 0 Å². The summed E-state index contributed by atoms with van der Waals surface area (Å²) in [6.07, 6.45) is 4.07. The van der Waals surface area contributed by atoms with E-state index >= 15 is 0 Å². The highest BCUT2D eigenvalue weighted by atomic mass is 16.7. The maximum atomic E-state index is 12.1. The number of amides is 2. The number of hydrogen-bond donors (Lipinski definition) is 1. The highest BCUT2D eigenvalue weighted by molar-refractivity contribution is 5.74. The number of hydroxylamine groups is 1. The van der Waals surface area contributed by atoms with Gasteiger partial charge in [0, 0.05) is 38.5 Å². The lowest BCUT2D eigenvalue weighted by molar-refractivity contribution is -0.0262. The standard InChI is InChI=1S/C16H19N5O4/c1-16(14-19-18-13(24-14)11-3-2-5-17-7-11)9-21(10-16)15(22)20-25-12-4-6-23-8-12/h2-3,5,7,12H,4,6,8-10H2,1H3,(H,20,22). The average Bonchev–Trinajstić information content (AvgIpc) is 3.29. The Balaban J connectivity index is 1.34. The zero-order chi connectivity index (χ0) is 17.3. The quantitative estimate of drug-likeness (QED) is 0.829. The average molecular weight is 345 g/mol. The molecule has 2 saturated heterocycles. The third-order valence-corrected chi connectivity index (χ3v) is 4.42. The molecule has 1 atom stereocenters. The highest BCUT2D eigenvalue weighted by Crippen LogP contribution is 2.34. The molecule has 0 spiro atoms. The van der Waals surface area contributed by atoms with Gasteiger partial charge in [-0.15, -0.1) is 10.2 Å². The van der Waals surface area contributed by atoms with Crippen LogP contribution in [0.5, 0.6) is 0 Å². The van der Waals surface area contributed by atoms with E-state index in [0.717, 1.165) is 12.0 Å². The van der Waals surface area contributed by atoms with Crippen molar-refractivity contribution >= 4 is 6.03 Å². The van der Waals surface area contributed by atoms with Crippen LogP contribution < -0.4 is 5.48 Å². The van der Waals surface area contributed by atoms with Crippen molar-refractivity contribution in [3.05, 3.63) is 30.4 Å². The van der Waals surface area contributed by atoms with Gasteiger partial charge < -0.3 is 14.1 Å². The molecule has 2 aliphatic rings. The molecule has 4 heterocycles. The molecule has 0 aromatic carbocycles. The van der Waals surface area contributed by atoms with Gasteiger partial charge in [0.2, 0.25) is 11.8 Å². The number of nitrogens with one attached hydrogen (secondary N) is 1. The van der Waals surface area contributed by atoms with E-state index in [0.29, 0.717) is 38.1 Å². The Labute approximate surface area is 144 Å². The number of hydrogen-bond acceptors (Lipinski definition) is 7. The third-order valence-electron chi connectivity index (χ3n) is 4.42. The third kappa shape index (κ3) is 3.20. The summed E-state index contributed by atoms with van der Waals surface area (Å²) in [4.78, 5) is 23.1. The zero-order valence-electron chi connectivity index (χ0n) is 13.8. The largest absolute Gasteiger partial charge is 0.420 e. The molecule has 0 radical (unpaired) electrons. The van der Waals surface area contributed by atoms with Crippen molar-refractivity contribution in [1.82, 2.24) is 25.6 Å². The van der Waals surface area contributed by atoms with Gasteiger partial charge >= 0.3 is 6.03 Å². The molecule has 1 N–H and O–H groups in total. The molecule has 0 aliphatic carbocycles. The monoisotopic (exact) mass is 345 g/mol. The first-order valence-corrected chi connectivity index (χ1v) is 8.17. The number of likely N-dealkylation sites (tertiary alicyclic amines) is 1. The van der Waals surface area contributed by atoms with Crippen molar-refractivity contribution in [3.8, 4) is 11.5 Å². The Hall–Kier alpha value is -2.52. The van der Waals surface area contributed by atoms with Crippen molar-refractivity contribution in [2.24, 2.45) is 0 Å². The number of carbonyl (C=O) groups is 1. The van der Waals surface area contributed by atoms with Crippen LogP contribution >= 0.6 is 0 Å². The van der Waals surface area contributed by atoms with Crippen LogP contribution in [-0.2, 0) is 15.0 Å². The van der Waals surface area contributed by atoms with Crippen LogP contribution in [0.1, 0.15) is 19.2 Å². The van der Waals surface area contributed by atoms with E-state index in [9.17, 15) is 4.79 Å². The van der Waals surface area contributed by atoms with Gasteiger partial charge in [0.1, 0.15) is 6.10 Å². The molecular formula is C16H19N5O4. The van der Waals surface area contributed by atoms with Gasteiger partial charge in [-0.1, -0.05) is 0 Å². The second-order valence-electron chi connectivity index (χ2n) is 6.58. The van der Waals surface area contributed by atoms with E-state index in [2.05, 4.69) is 20.7 Å². The number of aromatic nitrogens is 3. The lowest BCUT2D eigenvalue weighted by atomic mass is 9.82. The molecule has 25 heavy (non-hydrogen) atoms. The molecule has 4 rings (SSSR count). The van der Waals surface area contributed by atoms with Crippen molar-refractivity contribution in [2.75, 3.05) is 26.3 Å². The van der Waals surface area contributed by atoms with E-state index < -0.39 is 0 Å². The first-order valence-electron chi connectivity index (χ1n) is 8.17. The highest BCUT2D eigenvalue weighted by Gasteiger charge is 2.47. The minimum atomic E-state index is -0.360. The normalized spacial score (nSPS) is 21.8. The van der Waals surface area contributed by atoms with Gasteiger partial charge in [0.15, 0.2) is 0 Å². The van der Waals surface area contributed by atoms with Crippen LogP contribution in [0.15, 0.2) is 28.9 Å². The summed E-state index contributed by atoms with van der Waals surface area (Å²) in [5.74, 6) is 0.942. The summed E-state index contributed by atoms with van der Waals surface area (Å²) in [7, 11) is 0. The number of urea groups is 1. The summed E-state index contributed by atoms with van der Waals surface area (Å²) in [5.41, 5.74) is 2.89. The minimum Gasteiger partial charge on any atom is -0.420 e. The van der Waals surface area contributed by atoms with Gasteiger partial charge in [-0.25, -0.2) is 10.3 Å². The lowest BCUT2D eigenvalue weighted by Crippen LogP contribution is -2.62. The summed E-state index contributed by atoms with van der Waals surface area (Å²) >= 11 is 0. The van der Waals surface area contributed by atoms with Crippen molar-refractivity contribution < 1.29 is 18.8 Å². The maximum absolute atomic E-state index is 12.1. The Kier molecular flexibility index (Phi) is 4.10. The molecule has 0 saturated carbocycles. The molecule has 1 unspecified atom stereocenters.